The highest BCUT2D eigenvalue weighted by Gasteiger charge is 2.18. The monoisotopic (exact) mass is 305 g/mol. The lowest BCUT2D eigenvalue weighted by molar-refractivity contribution is 0.0929. The Labute approximate surface area is 130 Å². The molecule has 21 heavy (non-hydrogen) atoms. The van der Waals surface area contributed by atoms with Gasteiger partial charge in [-0.25, -0.2) is 0 Å². The fraction of sp³-hybridized carbons (Fsp3) is 0.375. The number of alkyl halides is 1. The molecule has 0 aliphatic carbocycles. The number of hydrogen-bond donors (Lipinski definition) is 1. The zero-order chi connectivity index (χ0) is 15.2. The van der Waals surface area contributed by atoms with Crippen molar-refractivity contribution in [2.75, 3.05) is 5.88 Å². The zero-order valence-electron chi connectivity index (χ0n) is 12.3. The average Bonchev–Trinajstić information content (AvgIpc) is 2.96. The third-order valence-corrected chi connectivity index (χ3v) is 3.70. The lowest BCUT2D eigenvalue weighted by Gasteiger charge is -2.16. The Kier molecular flexibility index (Phi) is 5.39. The highest BCUT2D eigenvalue weighted by Crippen LogP contribution is 2.15. The van der Waals surface area contributed by atoms with E-state index in [0.29, 0.717) is 18.1 Å². The fourth-order valence-electron chi connectivity index (χ4n) is 2.20. The molecule has 0 bridgehead atoms. The molecule has 0 spiro atoms. The molecule has 4 nitrogen and oxygen atoms in total. The predicted octanol–water partition coefficient (Wildman–Crippen LogP) is 3.18. The number of halogens is 1. The fourth-order valence-corrected chi connectivity index (χ4v) is 2.45. The van der Waals surface area contributed by atoms with Crippen LogP contribution < -0.4 is 5.32 Å². The maximum absolute atomic E-state index is 12.5. The van der Waals surface area contributed by atoms with E-state index in [4.69, 9.17) is 11.6 Å². The number of carbonyl (C=O) groups is 1. The van der Waals surface area contributed by atoms with Crippen LogP contribution in [0.4, 0.5) is 0 Å². The van der Waals surface area contributed by atoms with E-state index in [0.717, 1.165) is 17.7 Å². The smallest absolute Gasteiger partial charge is 0.270 e. The quantitative estimate of drug-likeness (QED) is 0.833. The molecule has 0 radical (unpaired) electrons. The van der Waals surface area contributed by atoms with Gasteiger partial charge in [0.2, 0.25) is 0 Å². The van der Waals surface area contributed by atoms with E-state index in [-0.39, 0.29) is 11.9 Å². The van der Waals surface area contributed by atoms with Gasteiger partial charge in [0.05, 0.1) is 11.7 Å². The van der Waals surface area contributed by atoms with Gasteiger partial charge in [0.15, 0.2) is 0 Å². The summed E-state index contributed by atoms with van der Waals surface area (Å²) in [5, 5.41) is 7.38. The van der Waals surface area contributed by atoms with Crippen LogP contribution in [0.3, 0.4) is 0 Å². The lowest BCUT2D eigenvalue weighted by atomic mass is 10.1. The summed E-state index contributed by atoms with van der Waals surface area (Å²) in [6.07, 6.45) is 0.810. The highest BCUT2D eigenvalue weighted by molar-refractivity contribution is 6.18. The molecular formula is C16H20ClN3O. The Hall–Kier alpha value is -1.81. The summed E-state index contributed by atoms with van der Waals surface area (Å²) >= 11 is 6.00. The Morgan fingerprint density at radius 2 is 2.05 bits per heavy atom. The number of carbonyl (C=O) groups excluding carboxylic acids is 1. The molecule has 1 N–H and O–H groups in total. The van der Waals surface area contributed by atoms with Crippen LogP contribution >= 0.6 is 11.6 Å². The van der Waals surface area contributed by atoms with E-state index in [1.165, 1.54) is 0 Å². The molecule has 1 aromatic carbocycles. The van der Waals surface area contributed by atoms with E-state index in [2.05, 4.69) is 10.4 Å². The molecule has 5 heteroatoms. The molecule has 1 heterocycles. The molecular weight excluding hydrogens is 286 g/mol. The maximum Gasteiger partial charge on any atom is 0.270 e. The van der Waals surface area contributed by atoms with Crippen molar-refractivity contribution in [3.63, 3.8) is 0 Å². The number of amides is 1. The van der Waals surface area contributed by atoms with Crippen LogP contribution in [0.25, 0.3) is 0 Å². The number of hydrogen-bond acceptors (Lipinski definition) is 2. The Bertz CT molecular complexity index is 595. The normalized spacial score (nSPS) is 12.1. The molecule has 0 aliphatic rings. The van der Waals surface area contributed by atoms with Gasteiger partial charge in [-0.2, -0.15) is 5.10 Å². The van der Waals surface area contributed by atoms with Crippen molar-refractivity contribution in [1.29, 1.82) is 0 Å². The van der Waals surface area contributed by atoms with Crippen molar-refractivity contribution in [3.05, 3.63) is 53.3 Å². The zero-order valence-corrected chi connectivity index (χ0v) is 13.1. The minimum atomic E-state index is -0.203. The van der Waals surface area contributed by atoms with E-state index < -0.39 is 0 Å². The third kappa shape index (κ3) is 3.64. The number of benzene rings is 1. The van der Waals surface area contributed by atoms with E-state index in [1.807, 2.05) is 50.2 Å². The molecule has 0 fully saturated rings. The summed E-state index contributed by atoms with van der Waals surface area (Å²) in [4.78, 5) is 12.5. The van der Waals surface area contributed by atoms with E-state index >= 15 is 0 Å². The van der Waals surface area contributed by atoms with Crippen molar-refractivity contribution in [3.8, 4) is 0 Å². The first-order chi connectivity index (χ1) is 10.2. The van der Waals surface area contributed by atoms with Gasteiger partial charge in [-0.1, -0.05) is 37.3 Å². The SMILES string of the molecule is CCc1cc(C(=O)NC(CCl)c2ccccc2)n(CC)n1. The van der Waals surface area contributed by atoms with E-state index in [9.17, 15) is 4.79 Å². The minimum absolute atomic E-state index is 0.140. The van der Waals surface area contributed by atoms with Gasteiger partial charge in [-0.05, 0) is 25.0 Å². The second-order valence-corrected chi connectivity index (χ2v) is 5.09. The summed E-state index contributed by atoms with van der Waals surface area (Å²) < 4.78 is 1.73. The number of aryl methyl sites for hydroxylation is 2. The van der Waals surface area contributed by atoms with E-state index in [1.54, 1.807) is 4.68 Å². The first kappa shape index (κ1) is 15.6. The van der Waals surface area contributed by atoms with Crippen LogP contribution in [0.5, 0.6) is 0 Å². The predicted molar refractivity (Wildman–Crippen MR) is 84.6 cm³/mol. The van der Waals surface area contributed by atoms with Gasteiger partial charge in [-0.15, -0.1) is 11.6 Å². The van der Waals surface area contributed by atoms with Crippen molar-refractivity contribution in [2.45, 2.75) is 32.9 Å². The van der Waals surface area contributed by atoms with Gasteiger partial charge in [0.25, 0.3) is 5.91 Å². The van der Waals surface area contributed by atoms with Crippen molar-refractivity contribution < 1.29 is 4.79 Å². The Morgan fingerprint density at radius 1 is 1.33 bits per heavy atom. The first-order valence-electron chi connectivity index (χ1n) is 7.18. The molecule has 0 saturated heterocycles. The first-order valence-corrected chi connectivity index (χ1v) is 7.71. The van der Waals surface area contributed by atoms with Gasteiger partial charge in [0.1, 0.15) is 5.69 Å². The molecule has 1 unspecified atom stereocenters. The Morgan fingerprint density at radius 3 is 2.62 bits per heavy atom. The molecule has 1 aromatic heterocycles. The summed E-state index contributed by atoms with van der Waals surface area (Å²) in [6.45, 7) is 4.66. The topological polar surface area (TPSA) is 46.9 Å². The summed E-state index contributed by atoms with van der Waals surface area (Å²) in [5.74, 6) is 0.190. The number of nitrogens with one attached hydrogen (secondary N) is 1. The van der Waals surface area contributed by atoms with Crippen LogP contribution in [-0.4, -0.2) is 21.6 Å². The number of aromatic nitrogens is 2. The van der Waals surface area contributed by atoms with Crippen molar-refractivity contribution >= 4 is 17.5 Å². The van der Waals surface area contributed by atoms with Crippen molar-refractivity contribution in [2.24, 2.45) is 0 Å². The van der Waals surface area contributed by atoms with Gasteiger partial charge >= 0.3 is 0 Å². The molecule has 1 atom stereocenters. The minimum Gasteiger partial charge on any atom is -0.343 e. The van der Waals surface area contributed by atoms with Gasteiger partial charge in [-0.3, -0.25) is 9.48 Å². The van der Waals surface area contributed by atoms with Crippen LogP contribution in [0.15, 0.2) is 36.4 Å². The number of nitrogens with zero attached hydrogens (tertiary/aromatic N) is 2. The Balaban J connectivity index is 2.18. The highest BCUT2D eigenvalue weighted by atomic mass is 35.5. The van der Waals surface area contributed by atoms with Crippen LogP contribution in [0, 0.1) is 0 Å². The maximum atomic E-state index is 12.5. The second-order valence-electron chi connectivity index (χ2n) is 4.78. The largest absolute Gasteiger partial charge is 0.343 e. The average molecular weight is 306 g/mol. The van der Waals surface area contributed by atoms with Gasteiger partial charge < -0.3 is 5.32 Å². The molecule has 2 rings (SSSR count). The summed E-state index contributed by atoms with van der Waals surface area (Å²) in [5.41, 5.74) is 2.50. The van der Waals surface area contributed by atoms with Gasteiger partial charge in [0, 0.05) is 12.4 Å². The number of rotatable bonds is 6. The van der Waals surface area contributed by atoms with Crippen LogP contribution in [0.1, 0.15) is 41.6 Å². The van der Waals surface area contributed by atoms with Crippen molar-refractivity contribution in [1.82, 2.24) is 15.1 Å². The summed E-state index contributed by atoms with van der Waals surface area (Å²) in [7, 11) is 0. The van der Waals surface area contributed by atoms with Crippen LogP contribution in [0.2, 0.25) is 0 Å². The molecule has 2 aromatic rings. The summed E-state index contributed by atoms with van der Waals surface area (Å²) in [6, 6.07) is 11.4. The molecule has 0 saturated carbocycles. The standard InChI is InChI=1S/C16H20ClN3O/c1-3-13-10-15(20(4-2)19-13)16(21)18-14(11-17)12-8-6-5-7-9-12/h5-10,14H,3-4,11H2,1-2H3,(H,18,21). The lowest BCUT2D eigenvalue weighted by Crippen LogP contribution is -2.31. The third-order valence-electron chi connectivity index (χ3n) is 3.39. The molecule has 0 aliphatic heterocycles. The van der Waals surface area contributed by atoms with Crippen LogP contribution in [-0.2, 0) is 13.0 Å². The second kappa shape index (κ2) is 7.27. The molecule has 1 amide bonds. The molecule has 112 valence electrons.